The van der Waals surface area contributed by atoms with Gasteiger partial charge in [-0.05, 0) is 57.9 Å². The quantitative estimate of drug-likeness (QED) is 0.414. The number of amides is 2. The van der Waals surface area contributed by atoms with Crippen LogP contribution >= 0.6 is 0 Å². The summed E-state index contributed by atoms with van der Waals surface area (Å²) in [5.41, 5.74) is -2.22. The zero-order valence-corrected chi connectivity index (χ0v) is 29.6. The zero-order valence-electron chi connectivity index (χ0n) is 28.0. The number of aliphatic imine (C=N–C) groups is 2. The minimum atomic E-state index is -4.23. The van der Waals surface area contributed by atoms with Crippen molar-refractivity contribution in [2.75, 3.05) is 39.8 Å². The SMILES string of the molecule is CN=C1C(N2CCN(C3C(=NCC(C)C)N(S(=O)(=O)c4ccccc4)C(=O)C3(C)C)CC2)C(C)(C)C(=O)N1S(=O)(=O)c1ccccc1. The highest BCUT2D eigenvalue weighted by Gasteiger charge is 2.61. The molecule has 3 saturated heterocycles. The molecular formula is C33H44N6O6S2. The van der Waals surface area contributed by atoms with Gasteiger partial charge in [-0.15, -0.1) is 0 Å². The molecule has 12 nitrogen and oxygen atoms in total. The van der Waals surface area contributed by atoms with Gasteiger partial charge in [-0.1, -0.05) is 50.2 Å². The summed E-state index contributed by atoms with van der Waals surface area (Å²) in [5.74, 6) is -0.599. The first-order chi connectivity index (χ1) is 22.0. The molecule has 2 atom stereocenters. The maximum absolute atomic E-state index is 14.0. The van der Waals surface area contributed by atoms with Crippen molar-refractivity contribution < 1.29 is 26.4 Å². The number of hydrogen-bond donors (Lipinski definition) is 0. The van der Waals surface area contributed by atoms with E-state index in [4.69, 9.17) is 4.99 Å². The summed E-state index contributed by atoms with van der Waals surface area (Å²) in [6.45, 7) is 13.0. The van der Waals surface area contributed by atoms with Crippen molar-refractivity contribution in [1.29, 1.82) is 0 Å². The third-order valence-corrected chi connectivity index (χ3v) is 12.6. The molecule has 2 unspecified atom stereocenters. The highest BCUT2D eigenvalue weighted by atomic mass is 32.2. The van der Waals surface area contributed by atoms with E-state index in [-0.39, 0.29) is 27.4 Å². The Morgan fingerprint density at radius 1 is 0.681 bits per heavy atom. The number of rotatable bonds is 8. The van der Waals surface area contributed by atoms with E-state index in [9.17, 15) is 26.4 Å². The molecule has 3 aliphatic heterocycles. The van der Waals surface area contributed by atoms with E-state index >= 15 is 0 Å². The maximum atomic E-state index is 14.0. The molecule has 47 heavy (non-hydrogen) atoms. The van der Waals surface area contributed by atoms with Crippen molar-refractivity contribution in [3.63, 3.8) is 0 Å². The lowest BCUT2D eigenvalue weighted by Gasteiger charge is -2.44. The van der Waals surface area contributed by atoms with Crippen LogP contribution in [-0.4, -0.2) is 111 Å². The minimum Gasteiger partial charge on any atom is -0.290 e. The molecular weight excluding hydrogens is 641 g/mol. The molecule has 2 aromatic carbocycles. The van der Waals surface area contributed by atoms with Gasteiger partial charge in [-0.25, -0.2) is 16.8 Å². The zero-order chi connectivity index (χ0) is 34.5. The average Bonchev–Trinajstić information content (AvgIpc) is 3.38. The standard InChI is InChI=1S/C33H44N6O6S2/c1-23(2)22-35-29-27(33(5,6)31(41)39(29)47(44,45)25-16-12-9-13-17-25)37-20-18-36(19-21-37)26-28(34-7)38(30(40)32(26,3)4)46(42,43)24-14-10-8-11-15-24/h8-17,23,26-27H,18-22H2,1-7H3. The fourth-order valence-corrected chi connectivity index (χ4v) is 9.99. The monoisotopic (exact) mass is 684 g/mol. The topological polar surface area (TPSA) is 140 Å². The van der Waals surface area contributed by atoms with Gasteiger partial charge in [0.1, 0.15) is 11.7 Å². The van der Waals surface area contributed by atoms with Crippen LogP contribution in [0.5, 0.6) is 0 Å². The summed E-state index contributed by atoms with van der Waals surface area (Å²) in [4.78, 5) is 41.1. The highest BCUT2D eigenvalue weighted by Crippen LogP contribution is 2.43. The van der Waals surface area contributed by atoms with Crippen molar-refractivity contribution >= 4 is 43.5 Å². The largest absolute Gasteiger partial charge is 0.290 e. The number of carbonyl (C=O) groups is 2. The molecule has 254 valence electrons. The third kappa shape index (κ3) is 5.83. The summed E-state index contributed by atoms with van der Waals surface area (Å²) in [5, 5.41) is 0. The second-order valence-corrected chi connectivity index (χ2v) is 17.3. The average molecular weight is 685 g/mol. The Morgan fingerprint density at radius 3 is 1.40 bits per heavy atom. The Hall–Kier alpha value is -3.46. The predicted octanol–water partition coefficient (Wildman–Crippen LogP) is 2.94. The van der Waals surface area contributed by atoms with Crippen LogP contribution in [-0.2, 0) is 29.6 Å². The van der Waals surface area contributed by atoms with Gasteiger partial charge in [-0.3, -0.25) is 29.4 Å². The number of benzene rings is 2. The maximum Gasteiger partial charge on any atom is 0.271 e. The normalized spacial score (nSPS) is 25.9. The second-order valence-electron chi connectivity index (χ2n) is 13.8. The minimum absolute atomic E-state index is 0.00660. The Kier molecular flexibility index (Phi) is 9.29. The smallest absolute Gasteiger partial charge is 0.271 e. The van der Waals surface area contributed by atoms with Crippen LogP contribution in [0.3, 0.4) is 0 Å². The third-order valence-electron chi connectivity index (χ3n) is 9.23. The van der Waals surface area contributed by atoms with Gasteiger partial charge in [0.05, 0.1) is 32.7 Å². The molecule has 0 radical (unpaired) electrons. The first-order valence-corrected chi connectivity index (χ1v) is 18.7. The number of hydrogen-bond acceptors (Lipinski definition) is 10. The molecule has 0 saturated carbocycles. The van der Waals surface area contributed by atoms with E-state index in [2.05, 4.69) is 14.8 Å². The van der Waals surface area contributed by atoms with Gasteiger partial charge in [0.25, 0.3) is 20.0 Å². The molecule has 3 aliphatic rings. The van der Waals surface area contributed by atoms with Gasteiger partial charge in [0.15, 0.2) is 0 Å². The molecule has 0 N–H and O–H groups in total. The number of amidine groups is 2. The first kappa shape index (κ1) is 34.9. The lowest BCUT2D eigenvalue weighted by atomic mass is 9.83. The van der Waals surface area contributed by atoms with E-state index in [1.165, 1.54) is 31.3 Å². The van der Waals surface area contributed by atoms with E-state index in [1.807, 2.05) is 13.8 Å². The number of nitrogens with zero attached hydrogens (tertiary/aromatic N) is 6. The van der Waals surface area contributed by atoms with Crippen LogP contribution in [0.4, 0.5) is 0 Å². The van der Waals surface area contributed by atoms with Gasteiger partial charge in [0.2, 0.25) is 11.8 Å². The molecule has 5 rings (SSSR count). The van der Waals surface area contributed by atoms with Gasteiger partial charge in [-0.2, -0.15) is 8.61 Å². The van der Waals surface area contributed by atoms with Crippen LogP contribution in [0.1, 0.15) is 41.5 Å². The van der Waals surface area contributed by atoms with Crippen molar-refractivity contribution in [2.24, 2.45) is 26.7 Å². The Balaban J connectivity index is 1.45. The van der Waals surface area contributed by atoms with Crippen molar-refractivity contribution in [3.05, 3.63) is 60.7 Å². The van der Waals surface area contributed by atoms with E-state index < -0.39 is 54.8 Å². The Bertz CT molecular complexity index is 1800. The van der Waals surface area contributed by atoms with Crippen LogP contribution in [0.15, 0.2) is 80.4 Å². The van der Waals surface area contributed by atoms with Gasteiger partial charge in [0, 0.05) is 39.8 Å². The van der Waals surface area contributed by atoms with E-state index in [0.717, 1.165) is 8.61 Å². The lowest BCUT2D eigenvalue weighted by Crippen LogP contribution is -2.60. The summed E-state index contributed by atoms with van der Waals surface area (Å²) in [6.07, 6.45) is 0. The molecule has 3 fully saturated rings. The summed E-state index contributed by atoms with van der Waals surface area (Å²) in [7, 11) is -6.93. The van der Waals surface area contributed by atoms with Crippen LogP contribution in [0, 0.1) is 16.7 Å². The van der Waals surface area contributed by atoms with Crippen molar-refractivity contribution in [3.8, 4) is 0 Å². The van der Waals surface area contributed by atoms with E-state index in [0.29, 0.717) is 32.7 Å². The first-order valence-electron chi connectivity index (χ1n) is 15.8. The molecule has 2 aromatic rings. The van der Waals surface area contributed by atoms with Crippen LogP contribution < -0.4 is 0 Å². The summed E-state index contributed by atoms with van der Waals surface area (Å²) >= 11 is 0. The van der Waals surface area contributed by atoms with Gasteiger partial charge >= 0.3 is 0 Å². The van der Waals surface area contributed by atoms with Crippen LogP contribution in [0.25, 0.3) is 0 Å². The number of carbonyl (C=O) groups excluding carboxylic acids is 2. The summed E-state index contributed by atoms with van der Waals surface area (Å²) < 4.78 is 57.0. The highest BCUT2D eigenvalue weighted by molar-refractivity contribution is 7.90. The molecule has 0 aromatic heterocycles. The fourth-order valence-electron chi connectivity index (χ4n) is 6.83. The molecule has 3 heterocycles. The molecule has 0 bridgehead atoms. The molecule has 0 aliphatic carbocycles. The predicted molar refractivity (Wildman–Crippen MR) is 180 cm³/mol. The molecule has 14 heteroatoms. The lowest BCUT2D eigenvalue weighted by molar-refractivity contribution is -0.133. The summed E-state index contributed by atoms with van der Waals surface area (Å²) in [6, 6.07) is 14.5. The van der Waals surface area contributed by atoms with Gasteiger partial charge < -0.3 is 0 Å². The second kappa shape index (κ2) is 12.5. The number of sulfonamides is 2. The fraction of sp³-hybridized carbons (Fsp3) is 0.515. The van der Waals surface area contributed by atoms with Crippen molar-refractivity contribution in [1.82, 2.24) is 18.4 Å². The molecule has 0 spiro atoms. The Morgan fingerprint density at radius 2 is 1.04 bits per heavy atom. The van der Waals surface area contributed by atoms with Crippen LogP contribution in [0.2, 0.25) is 0 Å². The Labute approximate surface area is 278 Å². The van der Waals surface area contributed by atoms with Crippen molar-refractivity contribution in [2.45, 2.75) is 63.4 Å². The molecule has 2 amide bonds. The number of piperazine rings is 1. The van der Waals surface area contributed by atoms with E-state index in [1.54, 1.807) is 64.1 Å².